The van der Waals surface area contributed by atoms with Crippen LogP contribution < -0.4 is 11.1 Å². The summed E-state index contributed by atoms with van der Waals surface area (Å²) in [7, 11) is 1.64. The summed E-state index contributed by atoms with van der Waals surface area (Å²) in [5.74, 6) is 0.115. The lowest BCUT2D eigenvalue weighted by atomic mass is 9.81. The third-order valence-electron chi connectivity index (χ3n) is 4.50. The number of nitrogens with one attached hydrogen (secondary N) is 1. The maximum Gasteiger partial charge on any atom is 0.237 e. The number of ether oxygens (including phenoxy) is 1. The molecule has 0 aromatic carbocycles. The number of carbonyl (C=O) groups excluding carboxylic acids is 1. The van der Waals surface area contributed by atoms with Crippen LogP contribution in [-0.4, -0.2) is 55.2 Å². The molecule has 1 amide bonds. The highest BCUT2D eigenvalue weighted by atomic mass is 16.5. The van der Waals surface area contributed by atoms with Crippen molar-refractivity contribution in [2.75, 3.05) is 20.3 Å². The van der Waals surface area contributed by atoms with Crippen molar-refractivity contribution >= 4 is 5.91 Å². The van der Waals surface area contributed by atoms with E-state index in [-0.39, 0.29) is 11.9 Å². The SMILES string of the molecule is COCCNC(=O)C(C)N1C2CCCC1CC(N)C2. The Hall–Kier alpha value is -0.650. The number of hydrogen-bond donors (Lipinski definition) is 2. The number of amides is 1. The summed E-state index contributed by atoms with van der Waals surface area (Å²) in [6.07, 6.45) is 5.70. The van der Waals surface area contributed by atoms with Crippen LogP contribution >= 0.6 is 0 Å². The number of fused-ring (bicyclic) bond motifs is 2. The molecule has 0 aliphatic carbocycles. The molecule has 0 spiro atoms. The van der Waals surface area contributed by atoms with E-state index in [1.165, 1.54) is 19.3 Å². The smallest absolute Gasteiger partial charge is 0.237 e. The van der Waals surface area contributed by atoms with Gasteiger partial charge in [-0.1, -0.05) is 6.42 Å². The van der Waals surface area contributed by atoms with Gasteiger partial charge in [0.25, 0.3) is 0 Å². The van der Waals surface area contributed by atoms with Gasteiger partial charge in [0.1, 0.15) is 0 Å². The first-order chi connectivity index (χ1) is 9.13. The van der Waals surface area contributed by atoms with E-state index >= 15 is 0 Å². The second kappa shape index (κ2) is 6.68. The van der Waals surface area contributed by atoms with E-state index < -0.39 is 0 Å². The van der Waals surface area contributed by atoms with Crippen LogP contribution in [0, 0.1) is 0 Å². The Morgan fingerprint density at radius 1 is 1.42 bits per heavy atom. The van der Waals surface area contributed by atoms with Gasteiger partial charge in [-0.05, 0) is 32.6 Å². The number of nitrogens with zero attached hydrogens (tertiary/aromatic N) is 1. The second-order valence-electron chi connectivity index (χ2n) is 5.88. The third-order valence-corrected chi connectivity index (χ3v) is 4.50. The minimum atomic E-state index is -0.0559. The van der Waals surface area contributed by atoms with E-state index in [4.69, 9.17) is 10.5 Å². The van der Waals surface area contributed by atoms with Crippen molar-refractivity contribution in [1.82, 2.24) is 10.2 Å². The molecule has 110 valence electrons. The van der Waals surface area contributed by atoms with Gasteiger partial charge in [0.15, 0.2) is 0 Å². The van der Waals surface area contributed by atoms with E-state index in [2.05, 4.69) is 10.2 Å². The number of hydrogen-bond acceptors (Lipinski definition) is 4. The van der Waals surface area contributed by atoms with Gasteiger partial charge in [0, 0.05) is 31.8 Å². The normalized spacial score (nSPS) is 32.9. The molecule has 2 rings (SSSR count). The number of rotatable bonds is 5. The Morgan fingerprint density at radius 3 is 2.63 bits per heavy atom. The molecule has 3 atom stereocenters. The largest absolute Gasteiger partial charge is 0.383 e. The van der Waals surface area contributed by atoms with E-state index in [9.17, 15) is 4.79 Å². The van der Waals surface area contributed by atoms with Crippen LogP contribution in [0.5, 0.6) is 0 Å². The molecule has 2 heterocycles. The van der Waals surface area contributed by atoms with E-state index in [1.54, 1.807) is 7.11 Å². The van der Waals surface area contributed by atoms with E-state index in [1.807, 2.05) is 6.92 Å². The van der Waals surface area contributed by atoms with Crippen molar-refractivity contribution in [3.63, 3.8) is 0 Å². The average molecular weight is 269 g/mol. The molecule has 5 heteroatoms. The van der Waals surface area contributed by atoms with Gasteiger partial charge in [-0.3, -0.25) is 9.69 Å². The molecule has 19 heavy (non-hydrogen) atoms. The highest BCUT2D eigenvalue weighted by Gasteiger charge is 2.41. The Morgan fingerprint density at radius 2 is 2.05 bits per heavy atom. The van der Waals surface area contributed by atoms with Crippen LogP contribution in [-0.2, 0) is 9.53 Å². The molecule has 2 aliphatic heterocycles. The van der Waals surface area contributed by atoms with Crippen LogP contribution in [0.1, 0.15) is 39.0 Å². The zero-order valence-corrected chi connectivity index (χ0v) is 12.1. The lowest BCUT2D eigenvalue weighted by molar-refractivity contribution is -0.130. The first-order valence-electron chi connectivity index (χ1n) is 7.43. The van der Waals surface area contributed by atoms with Gasteiger partial charge in [0.2, 0.25) is 5.91 Å². The van der Waals surface area contributed by atoms with Gasteiger partial charge in [0.05, 0.1) is 12.6 Å². The number of piperidine rings is 2. The molecule has 0 saturated carbocycles. The molecular formula is C14H27N3O2. The molecular weight excluding hydrogens is 242 g/mol. The Labute approximate surface area is 115 Å². The molecule has 2 aliphatic rings. The summed E-state index contributed by atoms with van der Waals surface area (Å²) in [6, 6.07) is 1.24. The predicted molar refractivity (Wildman–Crippen MR) is 74.8 cm³/mol. The van der Waals surface area contributed by atoms with Crippen LogP contribution in [0.3, 0.4) is 0 Å². The van der Waals surface area contributed by atoms with Crippen LogP contribution in [0.2, 0.25) is 0 Å². The zero-order chi connectivity index (χ0) is 13.8. The topological polar surface area (TPSA) is 67.6 Å². The molecule has 2 saturated heterocycles. The van der Waals surface area contributed by atoms with Crippen LogP contribution in [0.25, 0.3) is 0 Å². The van der Waals surface area contributed by atoms with Crippen molar-refractivity contribution in [1.29, 1.82) is 0 Å². The van der Waals surface area contributed by atoms with E-state index in [0.29, 0.717) is 31.3 Å². The maximum absolute atomic E-state index is 12.2. The van der Waals surface area contributed by atoms with Crippen molar-refractivity contribution in [3.05, 3.63) is 0 Å². The Balaban J connectivity index is 1.94. The Kier molecular flexibility index (Phi) is 5.19. The van der Waals surface area contributed by atoms with Crippen molar-refractivity contribution in [3.8, 4) is 0 Å². The zero-order valence-electron chi connectivity index (χ0n) is 12.1. The molecule has 3 N–H and O–H groups in total. The van der Waals surface area contributed by atoms with Gasteiger partial charge < -0.3 is 15.8 Å². The average Bonchev–Trinajstić information content (AvgIpc) is 2.37. The summed E-state index contributed by atoms with van der Waals surface area (Å²) in [4.78, 5) is 14.6. The van der Waals surface area contributed by atoms with Crippen molar-refractivity contribution in [2.45, 2.75) is 63.2 Å². The fourth-order valence-electron chi connectivity index (χ4n) is 3.65. The summed E-state index contributed by atoms with van der Waals surface area (Å²) < 4.78 is 4.96. The molecule has 3 unspecified atom stereocenters. The highest BCUT2D eigenvalue weighted by Crippen LogP contribution is 2.34. The van der Waals surface area contributed by atoms with Gasteiger partial charge in [-0.15, -0.1) is 0 Å². The van der Waals surface area contributed by atoms with Crippen molar-refractivity contribution < 1.29 is 9.53 Å². The summed E-state index contributed by atoms with van der Waals surface area (Å²) in [6.45, 7) is 3.17. The molecule has 0 aromatic heterocycles. The van der Waals surface area contributed by atoms with Gasteiger partial charge in [-0.25, -0.2) is 0 Å². The molecule has 2 fully saturated rings. The molecule has 5 nitrogen and oxygen atoms in total. The summed E-state index contributed by atoms with van der Waals surface area (Å²) >= 11 is 0. The lowest BCUT2D eigenvalue weighted by Gasteiger charge is -2.50. The number of methoxy groups -OCH3 is 1. The summed E-state index contributed by atoms with van der Waals surface area (Å²) in [5.41, 5.74) is 6.12. The quantitative estimate of drug-likeness (QED) is 0.713. The first-order valence-corrected chi connectivity index (χ1v) is 7.43. The minimum Gasteiger partial charge on any atom is -0.383 e. The van der Waals surface area contributed by atoms with Crippen LogP contribution in [0.4, 0.5) is 0 Å². The predicted octanol–water partition coefficient (Wildman–Crippen LogP) is 0.482. The first kappa shape index (κ1) is 14.8. The maximum atomic E-state index is 12.2. The minimum absolute atomic E-state index is 0.0559. The number of carbonyl (C=O) groups is 1. The van der Waals surface area contributed by atoms with Crippen molar-refractivity contribution in [2.24, 2.45) is 5.73 Å². The molecule has 0 radical (unpaired) electrons. The fourth-order valence-corrected chi connectivity index (χ4v) is 3.65. The monoisotopic (exact) mass is 269 g/mol. The fraction of sp³-hybridized carbons (Fsp3) is 0.929. The Bertz CT molecular complexity index is 297. The number of nitrogens with two attached hydrogens (primary N) is 1. The second-order valence-corrected chi connectivity index (χ2v) is 5.88. The van der Waals surface area contributed by atoms with Gasteiger partial charge in [-0.2, -0.15) is 0 Å². The van der Waals surface area contributed by atoms with Gasteiger partial charge >= 0.3 is 0 Å². The summed E-state index contributed by atoms with van der Waals surface area (Å²) in [5, 5.41) is 2.94. The lowest BCUT2D eigenvalue weighted by Crippen LogP contribution is -2.61. The molecule has 2 bridgehead atoms. The highest BCUT2D eigenvalue weighted by molar-refractivity contribution is 5.81. The van der Waals surface area contributed by atoms with Crippen LogP contribution in [0.15, 0.2) is 0 Å². The van der Waals surface area contributed by atoms with E-state index in [0.717, 1.165) is 12.8 Å². The molecule has 0 aromatic rings. The standard InChI is InChI=1S/C14H27N3O2/c1-10(14(18)16-6-7-19-2)17-12-4-3-5-13(17)9-11(15)8-12/h10-13H,3-9,15H2,1-2H3,(H,16,18). The third kappa shape index (κ3) is 3.46.